The normalized spacial score (nSPS) is 12.2. The monoisotopic (exact) mass is 383 g/mol. The van der Waals surface area contributed by atoms with Gasteiger partial charge in [0.15, 0.2) is 21.3 Å². The molecule has 0 unspecified atom stereocenters. The number of aromatic nitrogens is 3. The number of methoxy groups -OCH3 is 1. The van der Waals surface area contributed by atoms with E-state index in [1.54, 1.807) is 0 Å². The average Bonchev–Trinajstić information content (AvgIpc) is 2.83. The highest BCUT2D eigenvalue weighted by atomic mass is 35.5. The summed E-state index contributed by atoms with van der Waals surface area (Å²) in [6.45, 7) is 0. The topological polar surface area (TPSA) is 91.1 Å². The van der Waals surface area contributed by atoms with Crippen molar-refractivity contribution in [2.45, 2.75) is 11.1 Å². The van der Waals surface area contributed by atoms with Crippen LogP contribution < -0.4 is 0 Å². The van der Waals surface area contributed by atoms with E-state index >= 15 is 0 Å². The molecular formula is C12H9ClF3N3O4S. The zero-order valence-electron chi connectivity index (χ0n) is 12.1. The number of hydrogen-bond acceptors (Lipinski definition) is 6. The molecule has 2 heterocycles. The van der Waals surface area contributed by atoms with Crippen LogP contribution in [0.4, 0.5) is 13.2 Å². The van der Waals surface area contributed by atoms with Gasteiger partial charge < -0.3 is 4.74 Å². The Morgan fingerprint density at radius 3 is 2.38 bits per heavy atom. The largest absolute Gasteiger partial charge is 0.465 e. The third kappa shape index (κ3) is 3.36. The molecule has 2 aromatic heterocycles. The molecule has 0 spiro atoms. The summed E-state index contributed by atoms with van der Waals surface area (Å²) in [5, 5.41) is 2.60. The third-order valence-corrected chi connectivity index (χ3v) is 4.30. The van der Waals surface area contributed by atoms with E-state index < -0.39 is 38.4 Å². The maximum atomic E-state index is 13.0. The molecule has 0 saturated heterocycles. The van der Waals surface area contributed by atoms with Gasteiger partial charge in [0.2, 0.25) is 0 Å². The number of pyridine rings is 1. The van der Waals surface area contributed by atoms with E-state index in [1.807, 2.05) is 0 Å². The molecule has 0 aliphatic heterocycles. The van der Waals surface area contributed by atoms with Gasteiger partial charge in [-0.05, 0) is 12.1 Å². The summed E-state index contributed by atoms with van der Waals surface area (Å²) < 4.78 is 66.7. The Hall–Kier alpha value is -2.14. The molecule has 0 saturated carbocycles. The lowest BCUT2D eigenvalue weighted by atomic mass is 10.2. The van der Waals surface area contributed by atoms with Crippen molar-refractivity contribution in [1.82, 2.24) is 14.8 Å². The van der Waals surface area contributed by atoms with Crippen molar-refractivity contribution in [3.8, 4) is 5.82 Å². The number of halogens is 4. The number of rotatable bonds is 3. The highest BCUT2D eigenvalue weighted by Crippen LogP contribution is 2.35. The van der Waals surface area contributed by atoms with Gasteiger partial charge in [-0.15, -0.1) is 0 Å². The minimum atomic E-state index is -4.95. The predicted molar refractivity (Wildman–Crippen MR) is 75.8 cm³/mol. The number of sulfone groups is 1. The first-order chi connectivity index (χ1) is 11.0. The van der Waals surface area contributed by atoms with Crippen LogP contribution in [-0.2, 0) is 20.8 Å². The Morgan fingerprint density at radius 2 is 1.96 bits per heavy atom. The maximum Gasteiger partial charge on any atom is 0.436 e. The lowest BCUT2D eigenvalue weighted by molar-refractivity contribution is -0.141. The second-order valence-electron chi connectivity index (χ2n) is 4.54. The number of carbonyl (C=O) groups is 1. The highest BCUT2D eigenvalue weighted by Gasteiger charge is 2.42. The summed E-state index contributed by atoms with van der Waals surface area (Å²) >= 11 is 5.81. The minimum Gasteiger partial charge on any atom is -0.465 e. The Bertz CT molecular complexity index is 892. The molecule has 0 aliphatic rings. The van der Waals surface area contributed by atoms with Gasteiger partial charge >= 0.3 is 12.1 Å². The predicted octanol–water partition coefficient (Wildman–Crippen LogP) is 2.13. The van der Waals surface area contributed by atoms with Crippen molar-refractivity contribution in [2.24, 2.45) is 0 Å². The molecule has 0 amide bonds. The van der Waals surface area contributed by atoms with Crippen LogP contribution in [0.15, 0.2) is 23.2 Å². The number of ether oxygens (including phenoxy) is 1. The lowest BCUT2D eigenvalue weighted by Gasteiger charge is -2.04. The van der Waals surface area contributed by atoms with Crippen molar-refractivity contribution < 1.29 is 31.1 Å². The number of nitrogens with zero attached hydrogens (tertiary/aromatic N) is 3. The first-order valence-corrected chi connectivity index (χ1v) is 8.34. The van der Waals surface area contributed by atoms with Gasteiger partial charge in [0.1, 0.15) is 10.7 Å². The summed E-state index contributed by atoms with van der Waals surface area (Å²) in [5.74, 6) is -1.51. The Morgan fingerprint density at radius 1 is 1.33 bits per heavy atom. The third-order valence-electron chi connectivity index (χ3n) is 2.85. The zero-order valence-corrected chi connectivity index (χ0v) is 13.7. The van der Waals surface area contributed by atoms with E-state index in [-0.39, 0.29) is 10.7 Å². The highest BCUT2D eigenvalue weighted by molar-refractivity contribution is 7.90. The van der Waals surface area contributed by atoms with Gasteiger partial charge in [-0.3, -0.25) is 0 Å². The summed E-state index contributed by atoms with van der Waals surface area (Å²) in [5.41, 5.74) is -2.49. The van der Waals surface area contributed by atoms with Crippen LogP contribution in [0, 0.1) is 0 Å². The van der Waals surface area contributed by atoms with E-state index in [0.717, 1.165) is 31.7 Å². The van der Waals surface area contributed by atoms with E-state index in [2.05, 4.69) is 14.8 Å². The van der Waals surface area contributed by atoms with Crippen LogP contribution in [0.25, 0.3) is 5.82 Å². The van der Waals surface area contributed by atoms with Crippen LogP contribution in [0.2, 0.25) is 5.15 Å². The summed E-state index contributed by atoms with van der Waals surface area (Å²) in [6, 6.07) is 2.23. The molecule has 0 bridgehead atoms. The molecule has 0 N–H and O–H groups in total. The van der Waals surface area contributed by atoms with Crippen molar-refractivity contribution in [2.75, 3.05) is 13.4 Å². The second kappa shape index (κ2) is 6.06. The smallest absolute Gasteiger partial charge is 0.436 e. The van der Waals surface area contributed by atoms with E-state index in [4.69, 9.17) is 11.6 Å². The van der Waals surface area contributed by atoms with Crippen LogP contribution >= 0.6 is 11.6 Å². The quantitative estimate of drug-likeness (QED) is 0.754. The fourth-order valence-corrected chi connectivity index (χ4v) is 2.60. The van der Waals surface area contributed by atoms with Gasteiger partial charge in [0, 0.05) is 12.5 Å². The summed E-state index contributed by atoms with van der Waals surface area (Å²) in [7, 11) is -2.64. The van der Waals surface area contributed by atoms with Gasteiger partial charge in [-0.25, -0.2) is 22.9 Å². The first kappa shape index (κ1) is 18.2. The fraction of sp³-hybridized carbons (Fsp3) is 0.250. The van der Waals surface area contributed by atoms with E-state index in [9.17, 15) is 26.4 Å². The van der Waals surface area contributed by atoms with Crippen LogP contribution in [0.5, 0.6) is 0 Å². The zero-order chi connectivity index (χ0) is 18.3. The molecule has 0 fully saturated rings. The van der Waals surface area contributed by atoms with Crippen molar-refractivity contribution in [3.63, 3.8) is 0 Å². The van der Waals surface area contributed by atoms with Crippen molar-refractivity contribution >= 4 is 27.4 Å². The van der Waals surface area contributed by atoms with Crippen LogP contribution in [0.3, 0.4) is 0 Å². The molecular weight excluding hydrogens is 375 g/mol. The molecule has 0 atom stereocenters. The fourth-order valence-electron chi connectivity index (χ4n) is 1.75. The minimum absolute atomic E-state index is 0.140. The first-order valence-electron chi connectivity index (χ1n) is 6.07. The standard InChI is InChI=1S/C12H9ClF3N3O4S/c1-23-11(20)8-9(12(14,15)16)18-19(10(8)13)7-4-3-6(5-17-7)24(2,21)22/h3-5H,1-2H3. The van der Waals surface area contributed by atoms with E-state index in [0.29, 0.717) is 4.68 Å². The number of esters is 1. The number of alkyl halides is 3. The molecule has 2 aromatic rings. The molecule has 12 heteroatoms. The average molecular weight is 384 g/mol. The Labute approximate surface area is 138 Å². The van der Waals surface area contributed by atoms with Gasteiger partial charge in [-0.1, -0.05) is 11.6 Å². The maximum absolute atomic E-state index is 13.0. The molecule has 0 aromatic carbocycles. The summed E-state index contributed by atoms with van der Waals surface area (Å²) in [6.07, 6.45) is -3.07. The van der Waals surface area contributed by atoms with Gasteiger partial charge in [0.25, 0.3) is 0 Å². The van der Waals surface area contributed by atoms with Crippen molar-refractivity contribution in [3.05, 3.63) is 34.7 Å². The molecule has 130 valence electrons. The SMILES string of the molecule is COC(=O)c1c(C(F)(F)F)nn(-c2ccc(S(C)(=O)=O)cn2)c1Cl. The van der Waals surface area contributed by atoms with Crippen LogP contribution in [-0.4, -0.2) is 42.5 Å². The Balaban J connectivity index is 2.64. The Kier molecular flexibility index (Phi) is 4.59. The lowest BCUT2D eigenvalue weighted by Crippen LogP contribution is -2.13. The molecule has 24 heavy (non-hydrogen) atoms. The summed E-state index contributed by atoms with van der Waals surface area (Å²) in [4.78, 5) is 15.1. The molecule has 2 rings (SSSR count). The van der Waals surface area contributed by atoms with Crippen LogP contribution in [0.1, 0.15) is 16.1 Å². The van der Waals surface area contributed by atoms with Gasteiger partial charge in [0.05, 0.1) is 12.0 Å². The van der Waals surface area contributed by atoms with Crippen molar-refractivity contribution in [1.29, 1.82) is 0 Å². The second-order valence-corrected chi connectivity index (χ2v) is 6.91. The molecule has 0 radical (unpaired) electrons. The van der Waals surface area contributed by atoms with E-state index in [1.165, 1.54) is 0 Å². The van der Waals surface area contributed by atoms with Gasteiger partial charge in [-0.2, -0.15) is 18.3 Å². The number of carbonyl (C=O) groups excluding carboxylic acids is 1. The molecule has 0 aliphatic carbocycles. The number of hydrogen-bond donors (Lipinski definition) is 0. The molecule has 7 nitrogen and oxygen atoms in total.